The molecule has 0 atom stereocenters. The monoisotopic (exact) mass is 555 g/mol. The van der Waals surface area contributed by atoms with E-state index in [-0.39, 0.29) is 24.5 Å². The molecular weight excluding hydrogens is 537 g/mol. The number of amides is 3. The number of methoxy groups -OCH3 is 1. The Hall–Kier alpha value is -4.25. The van der Waals surface area contributed by atoms with Gasteiger partial charge in [0.25, 0.3) is 11.6 Å². The Kier molecular flexibility index (Phi) is 7.30. The Balaban J connectivity index is 1.50. The van der Waals surface area contributed by atoms with Gasteiger partial charge in [0.2, 0.25) is 0 Å². The van der Waals surface area contributed by atoms with Crippen LogP contribution in [0.25, 0.3) is 6.08 Å². The predicted molar refractivity (Wildman–Crippen MR) is 132 cm³/mol. The summed E-state index contributed by atoms with van der Waals surface area (Å²) in [6.07, 6.45) is 1.51. The van der Waals surface area contributed by atoms with Crippen molar-refractivity contribution < 1.29 is 28.4 Å². The van der Waals surface area contributed by atoms with Crippen LogP contribution in [0.1, 0.15) is 16.7 Å². The van der Waals surface area contributed by atoms with Gasteiger partial charge in [-0.1, -0.05) is 12.1 Å². The van der Waals surface area contributed by atoms with Gasteiger partial charge in [0.15, 0.2) is 11.5 Å². The Morgan fingerprint density at radius 3 is 2.39 bits per heavy atom. The van der Waals surface area contributed by atoms with E-state index in [0.717, 1.165) is 10.5 Å². The Morgan fingerprint density at radius 1 is 1.08 bits per heavy atom. The van der Waals surface area contributed by atoms with E-state index in [9.17, 15) is 24.1 Å². The Labute approximate surface area is 213 Å². The molecule has 1 aliphatic rings. The van der Waals surface area contributed by atoms with Gasteiger partial charge in [0.05, 0.1) is 23.1 Å². The first kappa shape index (κ1) is 24.9. The second kappa shape index (κ2) is 10.6. The minimum atomic E-state index is -0.579. The normalized spacial score (nSPS) is 14.2. The van der Waals surface area contributed by atoms with Gasteiger partial charge in [-0.05, 0) is 75.1 Å². The van der Waals surface area contributed by atoms with Gasteiger partial charge < -0.3 is 14.8 Å². The number of hydrogen-bond acceptors (Lipinski definition) is 6. The molecule has 0 radical (unpaired) electrons. The number of nitrogens with one attached hydrogen (secondary N) is 1. The van der Waals surface area contributed by atoms with E-state index >= 15 is 0 Å². The number of imide groups is 1. The number of rotatable bonds is 8. The van der Waals surface area contributed by atoms with Gasteiger partial charge in [0, 0.05) is 12.1 Å². The molecule has 1 aliphatic heterocycles. The first-order valence-corrected chi connectivity index (χ1v) is 11.4. The van der Waals surface area contributed by atoms with E-state index in [1.165, 1.54) is 49.6 Å². The van der Waals surface area contributed by atoms with Crippen LogP contribution in [0.15, 0.2) is 70.8 Å². The molecular formula is C25H19BrFN3O6. The first-order chi connectivity index (χ1) is 17.2. The van der Waals surface area contributed by atoms with E-state index in [2.05, 4.69) is 21.2 Å². The third-order valence-electron chi connectivity index (χ3n) is 5.31. The van der Waals surface area contributed by atoms with E-state index < -0.39 is 22.7 Å². The number of urea groups is 1. The second-order valence-electron chi connectivity index (χ2n) is 7.75. The molecule has 3 aromatic rings. The van der Waals surface area contributed by atoms with Crippen molar-refractivity contribution in [1.82, 2.24) is 10.2 Å². The number of non-ortho nitro benzene ring substituents is 1. The molecule has 0 unspecified atom stereocenters. The summed E-state index contributed by atoms with van der Waals surface area (Å²) in [4.78, 5) is 36.6. The fourth-order valence-corrected chi connectivity index (χ4v) is 4.06. The number of carbonyl (C=O) groups excluding carboxylic acids is 2. The molecule has 3 aromatic carbocycles. The van der Waals surface area contributed by atoms with Crippen LogP contribution in [0.4, 0.5) is 14.9 Å². The fourth-order valence-electron chi connectivity index (χ4n) is 3.49. The van der Waals surface area contributed by atoms with Gasteiger partial charge >= 0.3 is 6.03 Å². The summed E-state index contributed by atoms with van der Waals surface area (Å²) in [5, 5.41) is 13.4. The summed E-state index contributed by atoms with van der Waals surface area (Å²) in [6, 6.07) is 14.3. The fraction of sp³-hybridized carbons (Fsp3) is 0.120. The lowest BCUT2D eigenvalue weighted by Crippen LogP contribution is -2.30. The van der Waals surface area contributed by atoms with E-state index in [0.29, 0.717) is 27.1 Å². The smallest absolute Gasteiger partial charge is 0.329 e. The minimum absolute atomic E-state index is 0.00469. The van der Waals surface area contributed by atoms with Gasteiger partial charge in [-0.25, -0.2) is 9.18 Å². The van der Waals surface area contributed by atoms with E-state index in [1.807, 2.05) is 0 Å². The van der Waals surface area contributed by atoms with Crippen LogP contribution in [-0.2, 0) is 17.9 Å². The molecule has 0 aromatic heterocycles. The lowest BCUT2D eigenvalue weighted by molar-refractivity contribution is -0.384. The summed E-state index contributed by atoms with van der Waals surface area (Å²) in [6.45, 7) is 0.144. The number of hydrogen-bond donors (Lipinski definition) is 1. The van der Waals surface area contributed by atoms with Crippen LogP contribution in [0.5, 0.6) is 11.5 Å². The Bertz CT molecular complexity index is 1360. The third kappa shape index (κ3) is 5.52. The van der Waals surface area contributed by atoms with Crippen LogP contribution in [0.2, 0.25) is 0 Å². The van der Waals surface area contributed by atoms with Gasteiger partial charge in [-0.15, -0.1) is 0 Å². The van der Waals surface area contributed by atoms with Gasteiger partial charge in [-0.3, -0.25) is 19.8 Å². The zero-order valence-electron chi connectivity index (χ0n) is 18.9. The van der Waals surface area contributed by atoms with Crippen molar-refractivity contribution in [3.8, 4) is 11.5 Å². The molecule has 0 saturated carbocycles. The summed E-state index contributed by atoms with van der Waals surface area (Å²) in [5.74, 6) is -0.148. The Morgan fingerprint density at radius 2 is 1.75 bits per heavy atom. The van der Waals surface area contributed by atoms with Gasteiger partial charge in [-0.2, -0.15) is 0 Å². The number of halogens is 2. The number of nitro benzene ring substituents is 1. The summed E-state index contributed by atoms with van der Waals surface area (Å²) in [5.41, 5.74) is 1.96. The third-order valence-corrected chi connectivity index (χ3v) is 5.90. The van der Waals surface area contributed by atoms with E-state index in [1.54, 1.807) is 24.3 Å². The molecule has 1 saturated heterocycles. The number of carbonyl (C=O) groups is 2. The van der Waals surface area contributed by atoms with Crippen molar-refractivity contribution in [3.05, 3.63) is 103 Å². The molecule has 9 nitrogen and oxygen atoms in total. The van der Waals surface area contributed by atoms with Crippen molar-refractivity contribution in [2.75, 3.05) is 7.11 Å². The standard InChI is InChI=1S/C25H19BrFN3O6/c1-35-22-12-17(10-20(26)23(22)36-14-16-4-8-19(9-5-16)30(33)34)11-21-24(31)29(25(32)28-21)13-15-2-6-18(27)7-3-15/h2-12H,13-14H2,1H3,(H,28,32)/b21-11+. The highest BCUT2D eigenvalue weighted by Gasteiger charge is 2.33. The number of nitrogens with zero attached hydrogens (tertiary/aromatic N) is 2. The highest BCUT2D eigenvalue weighted by Crippen LogP contribution is 2.38. The van der Waals surface area contributed by atoms with Crippen LogP contribution >= 0.6 is 15.9 Å². The largest absolute Gasteiger partial charge is 0.493 e. The van der Waals surface area contributed by atoms with Crippen LogP contribution in [0.3, 0.4) is 0 Å². The predicted octanol–water partition coefficient (Wildman–Crippen LogP) is 5.18. The first-order valence-electron chi connectivity index (χ1n) is 10.6. The summed E-state index contributed by atoms with van der Waals surface area (Å²) < 4.78 is 25.0. The molecule has 11 heteroatoms. The summed E-state index contributed by atoms with van der Waals surface area (Å²) in [7, 11) is 1.46. The highest BCUT2D eigenvalue weighted by molar-refractivity contribution is 9.10. The molecule has 1 N–H and O–H groups in total. The maximum Gasteiger partial charge on any atom is 0.329 e. The van der Waals surface area contributed by atoms with Crippen LogP contribution < -0.4 is 14.8 Å². The second-order valence-corrected chi connectivity index (χ2v) is 8.61. The van der Waals surface area contributed by atoms with Crippen molar-refractivity contribution in [3.63, 3.8) is 0 Å². The zero-order chi connectivity index (χ0) is 25.8. The molecule has 1 heterocycles. The maximum atomic E-state index is 13.1. The average molecular weight is 556 g/mol. The number of ether oxygens (including phenoxy) is 2. The van der Waals surface area contributed by atoms with Crippen LogP contribution in [-0.4, -0.2) is 28.9 Å². The van der Waals surface area contributed by atoms with Crippen molar-refractivity contribution in [2.24, 2.45) is 0 Å². The quantitative estimate of drug-likeness (QED) is 0.177. The van der Waals surface area contributed by atoms with Crippen molar-refractivity contribution in [2.45, 2.75) is 13.2 Å². The topological polar surface area (TPSA) is 111 Å². The minimum Gasteiger partial charge on any atom is -0.493 e. The molecule has 184 valence electrons. The molecule has 1 fully saturated rings. The van der Waals surface area contributed by atoms with E-state index in [4.69, 9.17) is 9.47 Å². The molecule has 3 amide bonds. The molecule has 0 aliphatic carbocycles. The average Bonchev–Trinajstić information content (AvgIpc) is 3.11. The maximum absolute atomic E-state index is 13.1. The van der Waals surface area contributed by atoms with Crippen molar-refractivity contribution >= 4 is 39.6 Å². The highest BCUT2D eigenvalue weighted by atomic mass is 79.9. The lowest BCUT2D eigenvalue weighted by Gasteiger charge is -2.14. The van der Waals surface area contributed by atoms with Crippen LogP contribution in [0, 0.1) is 15.9 Å². The number of nitro groups is 1. The molecule has 36 heavy (non-hydrogen) atoms. The zero-order valence-corrected chi connectivity index (χ0v) is 20.5. The lowest BCUT2D eigenvalue weighted by atomic mass is 10.1. The van der Waals surface area contributed by atoms with Crippen molar-refractivity contribution in [1.29, 1.82) is 0 Å². The molecule has 0 spiro atoms. The summed E-state index contributed by atoms with van der Waals surface area (Å²) >= 11 is 3.44. The SMILES string of the molecule is COc1cc(/C=C2/NC(=O)N(Cc3ccc(F)cc3)C2=O)cc(Br)c1OCc1ccc([N+](=O)[O-])cc1. The van der Waals surface area contributed by atoms with Gasteiger partial charge in [0.1, 0.15) is 18.1 Å². The number of benzene rings is 3. The molecule has 0 bridgehead atoms. The molecule has 4 rings (SSSR count).